The first-order valence-electron chi connectivity index (χ1n) is 5.12. The van der Waals surface area contributed by atoms with Crippen LogP contribution in [0.25, 0.3) is 0 Å². The smallest absolute Gasteiger partial charge is 0.427 e. The normalized spacial score (nSPS) is 12.4. The van der Waals surface area contributed by atoms with Crippen molar-refractivity contribution in [1.29, 1.82) is 0 Å². The predicted molar refractivity (Wildman–Crippen MR) is 66.0 cm³/mol. The summed E-state index contributed by atoms with van der Waals surface area (Å²) in [7, 11) is -6.81. The van der Waals surface area contributed by atoms with Crippen LogP contribution in [-0.2, 0) is 10.2 Å². The molecule has 0 saturated carbocycles. The zero-order valence-corrected chi connectivity index (χ0v) is 12.6. The van der Waals surface area contributed by atoms with Gasteiger partial charge in [0, 0.05) is 4.47 Å². The molecular weight excluding hydrogens is 375 g/mol. The average Bonchev–Trinajstić information content (AvgIpc) is 2.33. The van der Waals surface area contributed by atoms with E-state index >= 15 is 0 Å². The molecule has 0 spiro atoms. The lowest BCUT2D eigenvalue weighted by Gasteiger charge is -2.23. The highest BCUT2D eigenvalue weighted by molar-refractivity contribution is 9.10. The van der Waals surface area contributed by atoms with Gasteiger partial charge < -0.3 is 4.74 Å². The van der Waals surface area contributed by atoms with E-state index in [1.807, 2.05) is 13.8 Å². The van der Waals surface area contributed by atoms with Gasteiger partial charge in [-0.3, -0.25) is 0 Å². The van der Waals surface area contributed by atoms with E-state index in [0.29, 0.717) is 4.47 Å². The number of ether oxygens (including phenoxy) is 1. The molecule has 0 aliphatic heterocycles. The van der Waals surface area contributed by atoms with Crippen LogP contribution in [0.5, 0.6) is 5.75 Å². The second-order valence-electron chi connectivity index (χ2n) is 3.03. The molecule has 3 nitrogen and oxygen atoms in total. The molecule has 0 bridgehead atoms. The Morgan fingerprint density at radius 2 is 1.45 bits per heavy atom. The molecule has 0 aliphatic rings. The molecule has 0 heterocycles. The number of rotatable bonds is 4. The maximum atomic E-state index is 12.9. The van der Waals surface area contributed by atoms with Gasteiger partial charge in [-0.1, -0.05) is 33.7 Å². The van der Waals surface area contributed by atoms with Gasteiger partial charge in [0.2, 0.25) is 0 Å². The summed E-state index contributed by atoms with van der Waals surface area (Å²) in [5, 5.41) is -5.98. The van der Waals surface area contributed by atoms with Gasteiger partial charge in [0.1, 0.15) is 5.75 Å². The third kappa shape index (κ3) is 4.30. The quantitative estimate of drug-likeness (QED) is 0.572. The standard InChI is InChI=1S/C8H4BrF5O3S.C2H6/c9-5-1-3-6(4-2-5)17-7(10,11)8(12,13)18(14,15)16;1-2/h1-4H;1-2H3. The number of benzene rings is 1. The van der Waals surface area contributed by atoms with Gasteiger partial charge in [-0.05, 0) is 24.3 Å². The Morgan fingerprint density at radius 3 is 1.80 bits per heavy atom. The van der Waals surface area contributed by atoms with Crippen LogP contribution in [0, 0.1) is 0 Å². The molecule has 0 amide bonds. The fourth-order valence-electron chi connectivity index (χ4n) is 0.852. The summed E-state index contributed by atoms with van der Waals surface area (Å²) in [6.07, 6.45) is -5.53. The second kappa shape index (κ2) is 6.70. The molecule has 1 aromatic rings. The average molecular weight is 385 g/mol. The van der Waals surface area contributed by atoms with Crippen LogP contribution < -0.4 is 4.74 Å². The van der Waals surface area contributed by atoms with Gasteiger partial charge >= 0.3 is 21.6 Å². The summed E-state index contributed by atoms with van der Waals surface area (Å²) >= 11 is 2.95. The Labute approximate surface area is 121 Å². The lowest BCUT2D eigenvalue weighted by atomic mass is 10.3. The van der Waals surface area contributed by atoms with E-state index < -0.39 is 27.3 Å². The Hall–Kier alpha value is -0.900. The van der Waals surface area contributed by atoms with Crippen molar-refractivity contribution in [2.75, 3.05) is 0 Å². The molecule has 1 aromatic carbocycles. The van der Waals surface area contributed by atoms with Gasteiger partial charge in [-0.25, -0.2) is 0 Å². The first kappa shape index (κ1) is 19.1. The lowest BCUT2D eigenvalue weighted by molar-refractivity contribution is -0.273. The Bertz CT molecular complexity index is 530. The minimum atomic E-state index is -6.81. The Morgan fingerprint density at radius 1 is 1.05 bits per heavy atom. The van der Waals surface area contributed by atoms with Crippen molar-refractivity contribution in [2.24, 2.45) is 0 Å². The van der Waals surface area contributed by atoms with Gasteiger partial charge in [-0.15, -0.1) is 0 Å². The first-order chi connectivity index (χ1) is 8.97. The van der Waals surface area contributed by atoms with E-state index in [1.165, 1.54) is 12.1 Å². The van der Waals surface area contributed by atoms with Gasteiger partial charge in [0.15, 0.2) is 0 Å². The monoisotopic (exact) mass is 384 g/mol. The van der Waals surface area contributed by atoms with Crippen molar-refractivity contribution in [3.8, 4) is 5.75 Å². The molecule has 0 N–H and O–H groups in total. The maximum Gasteiger partial charge on any atom is 0.483 e. The topological polar surface area (TPSA) is 43.4 Å². The van der Waals surface area contributed by atoms with E-state index in [9.17, 15) is 29.9 Å². The maximum absolute atomic E-state index is 12.9. The van der Waals surface area contributed by atoms with Crippen LogP contribution in [0.4, 0.5) is 21.4 Å². The van der Waals surface area contributed by atoms with E-state index in [0.717, 1.165) is 12.1 Å². The van der Waals surface area contributed by atoms with Crippen LogP contribution >= 0.6 is 15.9 Å². The molecule has 0 atom stereocenters. The highest BCUT2D eigenvalue weighted by atomic mass is 79.9. The van der Waals surface area contributed by atoms with E-state index in [2.05, 4.69) is 20.7 Å². The summed E-state index contributed by atoms with van der Waals surface area (Å²) in [6.45, 7) is 4.00. The minimum absolute atomic E-state index is 0.447. The number of alkyl halides is 4. The lowest BCUT2D eigenvalue weighted by Crippen LogP contribution is -2.49. The SMILES string of the molecule is CC.O=S(=O)(F)C(F)(F)C(F)(F)Oc1ccc(Br)cc1. The molecule has 0 saturated heterocycles. The zero-order chi connectivity index (χ0) is 16.2. The van der Waals surface area contributed by atoms with E-state index in [4.69, 9.17) is 0 Å². The molecular formula is C10H10BrF5O3S. The van der Waals surface area contributed by atoms with Crippen LogP contribution in [0.1, 0.15) is 13.8 Å². The van der Waals surface area contributed by atoms with Gasteiger partial charge in [0.05, 0.1) is 0 Å². The molecule has 0 aromatic heterocycles. The molecule has 0 fully saturated rings. The largest absolute Gasteiger partial charge is 0.483 e. The fraction of sp³-hybridized carbons (Fsp3) is 0.400. The fourth-order valence-corrected chi connectivity index (χ4v) is 1.44. The van der Waals surface area contributed by atoms with Crippen molar-refractivity contribution in [3.05, 3.63) is 28.7 Å². The second-order valence-corrected chi connectivity index (χ2v) is 5.33. The first-order valence-corrected chi connectivity index (χ1v) is 7.29. The van der Waals surface area contributed by atoms with E-state index in [1.54, 1.807) is 0 Å². The number of hydrogen-bond acceptors (Lipinski definition) is 3. The van der Waals surface area contributed by atoms with Crippen molar-refractivity contribution < 1.29 is 34.6 Å². The number of halogens is 6. The zero-order valence-electron chi connectivity index (χ0n) is 10.2. The molecule has 116 valence electrons. The summed E-state index contributed by atoms with van der Waals surface area (Å²) in [5.74, 6) is -0.744. The Balaban J connectivity index is 0.00000172. The minimum Gasteiger partial charge on any atom is -0.427 e. The summed E-state index contributed by atoms with van der Waals surface area (Å²) in [6, 6.07) is 4.12. The van der Waals surface area contributed by atoms with Crippen LogP contribution in [0.15, 0.2) is 28.7 Å². The summed E-state index contributed by atoms with van der Waals surface area (Å²) in [4.78, 5) is 0. The highest BCUT2D eigenvalue weighted by Crippen LogP contribution is 2.41. The molecule has 0 radical (unpaired) electrons. The third-order valence-corrected chi connectivity index (χ3v) is 3.08. The Kier molecular flexibility index (Phi) is 6.40. The van der Waals surface area contributed by atoms with Crippen LogP contribution in [0.3, 0.4) is 0 Å². The van der Waals surface area contributed by atoms with Crippen molar-refractivity contribution in [1.82, 2.24) is 0 Å². The van der Waals surface area contributed by atoms with Crippen molar-refractivity contribution in [2.45, 2.75) is 25.2 Å². The summed E-state index contributed by atoms with van der Waals surface area (Å²) in [5.41, 5.74) is 0. The highest BCUT2D eigenvalue weighted by Gasteiger charge is 2.70. The van der Waals surface area contributed by atoms with Gasteiger partial charge in [0.25, 0.3) is 0 Å². The molecule has 20 heavy (non-hydrogen) atoms. The van der Waals surface area contributed by atoms with Gasteiger partial charge in [-0.2, -0.15) is 26.0 Å². The van der Waals surface area contributed by atoms with E-state index in [-0.39, 0.29) is 0 Å². The van der Waals surface area contributed by atoms with Crippen LogP contribution in [-0.4, -0.2) is 19.8 Å². The number of hydrogen-bond donors (Lipinski definition) is 0. The molecule has 0 aliphatic carbocycles. The molecule has 10 heteroatoms. The van der Waals surface area contributed by atoms with Crippen LogP contribution in [0.2, 0.25) is 0 Å². The predicted octanol–water partition coefficient (Wildman–Crippen LogP) is 4.34. The van der Waals surface area contributed by atoms with Crippen molar-refractivity contribution in [3.63, 3.8) is 0 Å². The molecule has 1 rings (SSSR count). The summed E-state index contributed by atoms with van der Waals surface area (Å²) < 4.78 is 87.0. The van der Waals surface area contributed by atoms with Crippen molar-refractivity contribution >= 4 is 26.2 Å². The molecule has 0 unspecified atom stereocenters. The third-order valence-electron chi connectivity index (χ3n) is 1.70.